The van der Waals surface area contributed by atoms with E-state index in [1.807, 2.05) is 25.1 Å². The summed E-state index contributed by atoms with van der Waals surface area (Å²) in [6.07, 6.45) is 6.22. The third-order valence-electron chi connectivity index (χ3n) is 5.00. The molecule has 1 aliphatic rings. The summed E-state index contributed by atoms with van der Waals surface area (Å²) in [5, 5.41) is 9.61. The Labute approximate surface area is 173 Å². The summed E-state index contributed by atoms with van der Waals surface area (Å²) in [6, 6.07) is 7.95. The van der Waals surface area contributed by atoms with Crippen molar-refractivity contribution in [2.45, 2.75) is 57.8 Å². The Kier molecular flexibility index (Phi) is 10.0. The van der Waals surface area contributed by atoms with Crippen LogP contribution >= 0.6 is 0 Å². The Balaban J connectivity index is 1.60. The standard InChI is InChI=1S/C22H34N4O3/c1-3-29-21(28)13-7-5-4-6-10-14-24-22(23-2)25-16-17-15-20(27)26-19-12-9-8-11-18(17)19/h8-9,11-12,17H,3-7,10,13-16H2,1-2H3,(H,26,27)(H2,23,24,25). The van der Waals surface area contributed by atoms with E-state index in [4.69, 9.17) is 4.74 Å². The number of rotatable bonds is 11. The van der Waals surface area contributed by atoms with Gasteiger partial charge in [-0.1, -0.05) is 37.5 Å². The van der Waals surface area contributed by atoms with Crippen molar-refractivity contribution < 1.29 is 14.3 Å². The maximum atomic E-state index is 11.9. The van der Waals surface area contributed by atoms with Crippen LogP contribution in [-0.4, -0.2) is 44.6 Å². The minimum Gasteiger partial charge on any atom is -0.466 e. The van der Waals surface area contributed by atoms with Crippen molar-refractivity contribution in [3.63, 3.8) is 0 Å². The molecular formula is C22H34N4O3. The van der Waals surface area contributed by atoms with Crippen LogP contribution in [0.2, 0.25) is 0 Å². The molecule has 1 aliphatic heterocycles. The van der Waals surface area contributed by atoms with E-state index in [1.165, 1.54) is 0 Å². The molecule has 7 heteroatoms. The largest absolute Gasteiger partial charge is 0.466 e. The third kappa shape index (κ3) is 8.13. The molecule has 1 aromatic rings. The lowest BCUT2D eigenvalue weighted by molar-refractivity contribution is -0.143. The second kappa shape index (κ2) is 12.8. The highest BCUT2D eigenvalue weighted by Gasteiger charge is 2.24. The first kappa shape index (κ1) is 22.7. The number of carbonyl (C=O) groups excluding carboxylic acids is 2. The van der Waals surface area contributed by atoms with E-state index in [1.54, 1.807) is 7.05 Å². The zero-order chi connectivity index (χ0) is 20.9. The number of nitrogens with one attached hydrogen (secondary N) is 3. The molecule has 0 aliphatic carbocycles. The lowest BCUT2D eigenvalue weighted by Gasteiger charge is -2.26. The molecule has 7 nitrogen and oxygen atoms in total. The number of ether oxygens (including phenoxy) is 1. The van der Waals surface area contributed by atoms with E-state index in [0.717, 1.165) is 55.9 Å². The van der Waals surface area contributed by atoms with Crippen LogP contribution in [0.25, 0.3) is 0 Å². The molecule has 1 aromatic carbocycles. The number of hydrogen-bond donors (Lipinski definition) is 3. The maximum absolute atomic E-state index is 11.9. The summed E-state index contributed by atoms with van der Waals surface area (Å²) in [4.78, 5) is 27.5. The van der Waals surface area contributed by atoms with Gasteiger partial charge in [-0.25, -0.2) is 0 Å². The quantitative estimate of drug-likeness (QED) is 0.229. The summed E-state index contributed by atoms with van der Waals surface area (Å²) in [7, 11) is 1.76. The number of nitrogens with zero attached hydrogens (tertiary/aromatic N) is 1. The number of guanidine groups is 1. The molecule has 0 bridgehead atoms. The molecule has 160 valence electrons. The zero-order valence-electron chi connectivity index (χ0n) is 17.6. The lowest BCUT2D eigenvalue weighted by Crippen LogP contribution is -2.41. The van der Waals surface area contributed by atoms with Gasteiger partial charge in [0.05, 0.1) is 6.61 Å². The molecule has 29 heavy (non-hydrogen) atoms. The number of anilines is 1. The fourth-order valence-electron chi connectivity index (χ4n) is 3.49. The summed E-state index contributed by atoms with van der Waals surface area (Å²) in [6.45, 7) is 3.80. The van der Waals surface area contributed by atoms with Crippen molar-refractivity contribution in [3.8, 4) is 0 Å². The van der Waals surface area contributed by atoms with Gasteiger partial charge in [-0.15, -0.1) is 0 Å². The summed E-state index contributed by atoms with van der Waals surface area (Å²) in [5.41, 5.74) is 2.07. The first-order valence-electron chi connectivity index (χ1n) is 10.6. The van der Waals surface area contributed by atoms with Crippen LogP contribution in [0.5, 0.6) is 0 Å². The topological polar surface area (TPSA) is 91.8 Å². The molecule has 0 aromatic heterocycles. The van der Waals surface area contributed by atoms with Crippen LogP contribution in [0.3, 0.4) is 0 Å². The van der Waals surface area contributed by atoms with Gasteiger partial charge >= 0.3 is 5.97 Å². The van der Waals surface area contributed by atoms with E-state index in [2.05, 4.69) is 27.0 Å². The Morgan fingerprint density at radius 1 is 1.17 bits per heavy atom. The third-order valence-corrected chi connectivity index (χ3v) is 5.00. The highest BCUT2D eigenvalue weighted by Crippen LogP contribution is 2.31. The number of amides is 1. The summed E-state index contributed by atoms with van der Waals surface area (Å²) < 4.78 is 4.93. The van der Waals surface area contributed by atoms with Gasteiger partial charge in [-0.2, -0.15) is 0 Å². The lowest BCUT2D eigenvalue weighted by atomic mass is 9.90. The average Bonchev–Trinajstić information content (AvgIpc) is 2.72. The van der Waals surface area contributed by atoms with Crippen LogP contribution in [0, 0.1) is 0 Å². The summed E-state index contributed by atoms with van der Waals surface area (Å²) in [5.74, 6) is 0.859. The number of esters is 1. The van der Waals surface area contributed by atoms with Crippen molar-refractivity contribution in [2.75, 3.05) is 32.1 Å². The molecule has 0 fully saturated rings. The number of carbonyl (C=O) groups is 2. The molecule has 2 rings (SSSR count). The normalized spacial score (nSPS) is 16.0. The molecule has 1 amide bonds. The van der Waals surface area contributed by atoms with Gasteiger partial charge < -0.3 is 20.7 Å². The van der Waals surface area contributed by atoms with Gasteiger partial charge in [0.15, 0.2) is 5.96 Å². The molecular weight excluding hydrogens is 368 g/mol. The molecule has 1 atom stereocenters. The molecule has 3 N–H and O–H groups in total. The van der Waals surface area contributed by atoms with Crippen LogP contribution in [0.4, 0.5) is 5.69 Å². The van der Waals surface area contributed by atoms with E-state index >= 15 is 0 Å². The van der Waals surface area contributed by atoms with Crippen molar-refractivity contribution in [1.29, 1.82) is 0 Å². The number of hydrogen-bond acceptors (Lipinski definition) is 4. The van der Waals surface area contributed by atoms with Gasteiger partial charge in [0.1, 0.15) is 0 Å². The Hall–Kier alpha value is -2.57. The van der Waals surface area contributed by atoms with Crippen LogP contribution in [0.15, 0.2) is 29.3 Å². The number of benzene rings is 1. The minimum atomic E-state index is -0.0953. The van der Waals surface area contributed by atoms with Crippen molar-refractivity contribution >= 4 is 23.5 Å². The SMILES string of the molecule is CCOC(=O)CCCCCCCNC(=NC)NCC1CC(=O)Nc2ccccc21. The predicted octanol–water partition coefficient (Wildman–Crippen LogP) is 3.18. The van der Waals surface area contributed by atoms with Crippen molar-refractivity contribution in [1.82, 2.24) is 10.6 Å². The van der Waals surface area contributed by atoms with Gasteiger partial charge in [0.2, 0.25) is 5.91 Å². The number of unbranched alkanes of at least 4 members (excludes halogenated alkanes) is 4. The van der Waals surface area contributed by atoms with Crippen LogP contribution < -0.4 is 16.0 Å². The Morgan fingerprint density at radius 2 is 1.93 bits per heavy atom. The van der Waals surface area contributed by atoms with E-state index in [9.17, 15) is 9.59 Å². The minimum absolute atomic E-state index is 0.0569. The van der Waals surface area contributed by atoms with E-state index < -0.39 is 0 Å². The smallest absolute Gasteiger partial charge is 0.305 e. The average molecular weight is 403 g/mol. The molecule has 0 radical (unpaired) electrons. The number of para-hydroxylation sites is 1. The van der Waals surface area contributed by atoms with E-state index in [0.29, 0.717) is 26.0 Å². The van der Waals surface area contributed by atoms with Crippen LogP contribution in [-0.2, 0) is 14.3 Å². The Morgan fingerprint density at radius 3 is 2.72 bits per heavy atom. The zero-order valence-corrected chi connectivity index (χ0v) is 17.6. The van der Waals surface area contributed by atoms with Crippen molar-refractivity contribution in [2.24, 2.45) is 4.99 Å². The predicted molar refractivity (Wildman–Crippen MR) is 116 cm³/mol. The fraction of sp³-hybridized carbons (Fsp3) is 0.591. The first-order valence-corrected chi connectivity index (χ1v) is 10.6. The molecule has 1 heterocycles. The number of fused-ring (bicyclic) bond motifs is 1. The molecule has 0 saturated carbocycles. The summed E-state index contributed by atoms with van der Waals surface area (Å²) >= 11 is 0. The fourth-order valence-corrected chi connectivity index (χ4v) is 3.49. The molecule has 0 spiro atoms. The van der Waals surface area contributed by atoms with Gasteiger partial charge in [-0.05, 0) is 31.4 Å². The van der Waals surface area contributed by atoms with Gasteiger partial charge in [-0.3, -0.25) is 14.6 Å². The second-order valence-corrected chi connectivity index (χ2v) is 7.24. The maximum Gasteiger partial charge on any atom is 0.305 e. The second-order valence-electron chi connectivity index (χ2n) is 7.24. The monoisotopic (exact) mass is 402 g/mol. The highest BCUT2D eigenvalue weighted by molar-refractivity contribution is 5.94. The number of aliphatic imine (C=N–C) groups is 1. The molecule has 0 saturated heterocycles. The van der Waals surface area contributed by atoms with Crippen LogP contribution in [0.1, 0.15) is 63.4 Å². The van der Waals surface area contributed by atoms with Crippen molar-refractivity contribution in [3.05, 3.63) is 29.8 Å². The molecule has 1 unspecified atom stereocenters. The van der Waals surface area contributed by atoms with Gasteiger partial charge in [0, 0.05) is 44.6 Å². The van der Waals surface area contributed by atoms with E-state index in [-0.39, 0.29) is 17.8 Å². The first-order chi connectivity index (χ1) is 14.1. The Bertz CT molecular complexity index is 690. The van der Waals surface area contributed by atoms with Gasteiger partial charge in [0.25, 0.3) is 0 Å². The highest BCUT2D eigenvalue weighted by atomic mass is 16.5.